The zero-order valence-corrected chi connectivity index (χ0v) is 11.1. The Bertz CT molecular complexity index is 640. The number of carboxylic acid groups (broad SMARTS) is 1. The average molecular weight is 292 g/mol. The van der Waals surface area contributed by atoms with Crippen molar-refractivity contribution in [2.75, 3.05) is 5.32 Å². The van der Waals surface area contributed by atoms with E-state index in [4.69, 9.17) is 10.8 Å². The predicted molar refractivity (Wildman–Crippen MR) is 74.9 cm³/mol. The minimum absolute atomic E-state index is 0.261. The molecule has 0 saturated heterocycles. The standard InChI is InChI=1S/C13H12N2O4S/c14-11(10-2-1-5-20-10)12(17)15-7-3-4-9(16)8(6-7)13(18)19/h1-6,11,16H,14H2,(H,15,17)(H,18,19). The van der Waals surface area contributed by atoms with E-state index in [0.29, 0.717) is 4.88 Å². The highest BCUT2D eigenvalue weighted by Gasteiger charge is 2.18. The first-order valence-electron chi connectivity index (χ1n) is 5.65. The van der Waals surface area contributed by atoms with E-state index in [9.17, 15) is 14.7 Å². The lowest BCUT2D eigenvalue weighted by Crippen LogP contribution is -2.27. The van der Waals surface area contributed by atoms with E-state index >= 15 is 0 Å². The maximum atomic E-state index is 11.9. The van der Waals surface area contributed by atoms with Gasteiger partial charge in [-0.3, -0.25) is 4.79 Å². The Morgan fingerprint density at radius 3 is 2.65 bits per heavy atom. The summed E-state index contributed by atoms with van der Waals surface area (Å²) in [6.45, 7) is 0. The third-order valence-corrected chi connectivity index (χ3v) is 3.58. The summed E-state index contributed by atoms with van der Waals surface area (Å²) < 4.78 is 0. The molecule has 7 heteroatoms. The second-order valence-electron chi connectivity index (χ2n) is 4.02. The Labute approximate surface area is 118 Å². The first kappa shape index (κ1) is 14.0. The molecule has 0 radical (unpaired) electrons. The molecule has 104 valence electrons. The fraction of sp³-hybridized carbons (Fsp3) is 0.0769. The maximum Gasteiger partial charge on any atom is 0.339 e. The molecular formula is C13H12N2O4S. The second-order valence-corrected chi connectivity index (χ2v) is 5.00. The molecule has 1 unspecified atom stereocenters. The SMILES string of the molecule is NC(C(=O)Nc1ccc(O)c(C(=O)O)c1)c1cccs1. The molecule has 1 heterocycles. The number of rotatable bonds is 4. The van der Waals surface area contributed by atoms with E-state index in [1.54, 1.807) is 12.1 Å². The number of hydrogen-bond donors (Lipinski definition) is 4. The Morgan fingerprint density at radius 2 is 2.05 bits per heavy atom. The molecule has 0 fully saturated rings. The van der Waals surface area contributed by atoms with E-state index in [-0.39, 0.29) is 17.0 Å². The highest BCUT2D eigenvalue weighted by Crippen LogP contribution is 2.23. The predicted octanol–water partition coefficient (Wildman–Crippen LogP) is 1.79. The minimum Gasteiger partial charge on any atom is -0.507 e. The van der Waals surface area contributed by atoms with Gasteiger partial charge in [-0.05, 0) is 29.6 Å². The van der Waals surface area contributed by atoms with Crippen LogP contribution in [0, 0.1) is 0 Å². The zero-order chi connectivity index (χ0) is 14.7. The van der Waals surface area contributed by atoms with Crippen molar-refractivity contribution in [1.82, 2.24) is 0 Å². The number of benzene rings is 1. The van der Waals surface area contributed by atoms with Gasteiger partial charge >= 0.3 is 5.97 Å². The largest absolute Gasteiger partial charge is 0.507 e. The van der Waals surface area contributed by atoms with Crippen LogP contribution in [0.15, 0.2) is 35.7 Å². The van der Waals surface area contributed by atoms with Gasteiger partial charge in [-0.15, -0.1) is 11.3 Å². The molecule has 1 aromatic carbocycles. The van der Waals surface area contributed by atoms with Gasteiger partial charge in [0.15, 0.2) is 0 Å². The van der Waals surface area contributed by atoms with Crippen LogP contribution in [0.2, 0.25) is 0 Å². The zero-order valence-electron chi connectivity index (χ0n) is 10.2. The molecule has 0 aliphatic heterocycles. The Morgan fingerprint density at radius 1 is 1.30 bits per heavy atom. The molecule has 1 atom stereocenters. The molecule has 20 heavy (non-hydrogen) atoms. The van der Waals surface area contributed by atoms with Crippen LogP contribution in [0.25, 0.3) is 0 Å². The third kappa shape index (κ3) is 2.95. The van der Waals surface area contributed by atoms with Gasteiger partial charge in [0, 0.05) is 10.6 Å². The number of nitrogens with two attached hydrogens (primary N) is 1. The summed E-state index contributed by atoms with van der Waals surface area (Å²) in [6, 6.07) is 6.50. The number of aromatic carboxylic acids is 1. The molecule has 0 saturated carbocycles. The summed E-state index contributed by atoms with van der Waals surface area (Å²) in [5.74, 6) is -2.09. The van der Waals surface area contributed by atoms with Gasteiger partial charge in [-0.1, -0.05) is 6.07 Å². The second kappa shape index (κ2) is 5.72. The highest BCUT2D eigenvalue weighted by molar-refractivity contribution is 7.10. The molecule has 1 aromatic heterocycles. The van der Waals surface area contributed by atoms with Gasteiger partial charge in [0.2, 0.25) is 5.91 Å². The summed E-state index contributed by atoms with van der Waals surface area (Å²) >= 11 is 1.36. The van der Waals surface area contributed by atoms with E-state index in [1.165, 1.54) is 29.5 Å². The Hall–Kier alpha value is -2.38. The van der Waals surface area contributed by atoms with Crippen molar-refractivity contribution in [3.63, 3.8) is 0 Å². The number of thiophene rings is 1. The lowest BCUT2D eigenvalue weighted by atomic mass is 10.1. The molecule has 0 aliphatic rings. The number of aromatic hydroxyl groups is 1. The van der Waals surface area contributed by atoms with Gasteiger partial charge in [-0.25, -0.2) is 4.79 Å². The number of carboxylic acids is 1. The summed E-state index contributed by atoms with van der Waals surface area (Å²) in [4.78, 5) is 23.5. The molecule has 1 amide bonds. The lowest BCUT2D eigenvalue weighted by molar-refractivity contribution is -0.117. The quantitative estimate of drug-likeness (QED) is 0.642. The van der Waals surface area contributed by atoms with Crippen molar-refractivity contribution in [3.05, 3.63) is 46.2 Å². The summed E-state index contributed by atoms with van der Waals surface area (Å²) in [5, 5.41) is 22.6. The average Bonchev–Trinajstić information content (AvgIpc) is 2.93. The minimum atomic E-state index is -1.28. The lowest BCUT2D eigenvalue weighted by Gasteiger charge is -2.11. The number of nitrogens with one attached hydrogen (secondary N) is 1. The fourth-order valence-corrected chi connectivity index (χ4v) is 2.33. The molecule has 0 bridgehead atoms. The first-order chi connectivity index (χ1) is 9.49. The van der Waals surface area contributed by atoms with Gasteiger partial charge < -0.3 is 21.3 Å². The van der Waals surface area contributed by atoms with Gasteiger partial charge in [0.25, 0.3) is 0 Å². The van der Waals surface area contributed by atoms with Crippen molar-refractivity contribution >= 4 is 28.9 Å². The van der Waals surface area contributed by atoms with Crippen LogP contribution in [0.4, 0.5) is 5.69 Å². The number of phenols is 1. The number of hydrogen-bond acceptors (Lipinski definition) is 5. The normalized spacial score (nSPS) is 11.8. The van der Waals surface area contributed by atoms with Crippen LogP contribution < -0.4 is 11.1 Å². The monoisotopic (exact) mass is 292 g/mol. The molecular weight excluding hydrogens is 280 g/mol. The molecule has 2 aromatic rings. The topological polar surface area (TPSA) is 113 Å². The van der Waals surface area contributed by atoms with Crippen molar-refractivity contribution < 1.29 is 19.8 Å². The van der Waals surface area contributed by atoms with Crippen LogP contribution in [0.1, 0.15) is 21.3 Å². The van der Waals surface area contributed by atoms with Crippen LogP contribution in [-0.4, -0.2) is 22.1 Å². The summed E-state index contributed by atoms with van der Waals surface area (Å²) in [7, 11) is 0. The maximum absolute atomic E-state index is 11.9. The molecule has 5 N–H and O–H groups in total. The smallest absolute Gasteiger partial charge is 0.339 e. The Kier molecular flexibility index (Phi) is 4.02. The molecule has 0 aliphatic carbocycles. The Balaban J connectivity index is 2.16. The van der Waals surface area contributed by atoms with Crippen molar-refractivity contribution in [2.45, 2.75) is 6.04 Å². The van der Waals surface area contributed by atoms with E-state index < -0.39 is 17.9 Å². The van der Waals surface area contributed by atoms with Crippen LogP contribution >= 0.6 is 11.3 Å². The van der Waals surface area contributed by atoms with Crippen molar-refractivity contribution in [1.29, 1.82) is 0 Å². The van der Waals surface area contributed by atoms with Crippen LogP contribution in [0.3, 0.4) is 0 Å². The van der Waals surface area contributed by atoms with Gasteiger partial charge in [-0.2, -0.15) is 0 Å². The first-order valence-corrected chi connectivity index (χ1v) is 6.53. The number of amides is 1. The van der Waals surface area contributed by atoms with Crippen LogP contribution in [0.5, 0.6) is 5.75 Å². The third-order valence-electron chi connectivity index (χ3n) is 2.63. The fourth-order valence-electron chi connectivity index (χ4n) is 1.60. The highest BCUT2D eigenvalue weighted by atomic mass is 32.1. The van der Waals surface area contributed by atoms with E-state index in [0.717, 1.165) is 0 Å². The summed E-state index contributed by atoms with van der Waals surface area (Å²) in [6.07, 6.45) is 0. The number of carbonyl (C=O) groups is 2. The van der Waals surface area contributed by atoms with Gasteiger partial charge in [0.05, 0.1) is 0 Å². The van der Waals surface area contributed by atoms with Crippen LogP contribution in [-0.2, 0) is 4.79 Å². The van der Waals surface area contributed by atoms with E-state index in [1.807, 2.05) is 5.38 Å². The van der Waals surface area contributed by atoms with Gasteiger partial charge in [0.1, 0.15) is 17.4 Å². The number of anilines is 1. The molecule has 0 spiro atoms. The molecule has 6 nitrogen and oxygen atoms in total. The van der Waals surface area contributed by atoms with Crippen molar-refractivity contribution in [3.8, 4) is 5.75 Å². The molecule has 2 rings (SSSR count). The van der Waals surface area contributed by atoms with E-state index in [2.05, 4.69) is 5.32 Å². The summed E-state index contributed by atoms with van der Waals surface area (Å²) in [5.41, 5.74) is 5.77. The van der Waals surface area contributed by atoms with Crippen molar-refractivity contribution in [2.24, 2.45) is 5.73 Å². The number of carbonyl (C=O) groups excluding carboxylic acids is 1.